The summed E-state index contributed by atoms with van der Waals surface area (Å²) in [5.41, 5.74) is 1.22. The molecule has 0 spiro atoms. The van der Waals surface area contributed by atoms with Crippen LogP contribution in [0.4, 0.5) is 0 Å². The lowest BCUT2D eigenvalue weighted by Crippen LogP contribution is -2.11. The third-order valence-electron chi connectivity index (χ3n) is 1.78. The van der Waals surface area contributed by atoms with Crippen molar-refractivity contribution in [1.82, 2.24) is 5.32 Å². The van der Waals surface area contributed by atoms with Crippen molar-refractivity contribution in [3.8, 4) is 0 Å². The molecule has 68 valence electrons. The Balaban J connectivity index is 0.00000121. The standard InChI is InChI=1S/C9H12ClN.ClH/c1-7(11-2)8-4-3-5-9(10)6-8;/h3-7,11H,1-2H3;1H. The van der Waals surface area contributed by atoms with Crippen molar-refractivity contribution in [3.63, 3.8) is 0 Å². The van der Waals surface area contributed by atoms with Gasteiger partial charge in [0.05, 0.1) is 0 Å². The van der Waals surface area contributed by atoms with Crippen LogP contribution in [0.15, 0.2) is 24.3 Å². The van der Waals surface area contributed by atoms with Gasteiger partial charge in [0.1, 0.15) is 0 Å². The van der Waals surface area contributed by atoms with Crippen LogP contribution in [0, 0.1) is 0 Å². The van der Waals surface area contributed by atoms with Gasteiger partial charge in [0.15, 0.2) is 0 Å². The molecule has 1 aromatic rings. The highest BCUT2D eigenvalue weighted by molar-refractivity contribution is 6.30. The molecule has 0 amide bonds. The maximum atomic E-state index is 5.82. The minimum Gasteiger partial charge on any atom is -0.313 e. The summed E-state index contributed by atoms with van der Waals surface area (Å²) in [4.78, 5) is 0. The van der Waals surface area contributed by atoms with Crippen molar-refractivity contribution in [2.45, 2.75) is 13.0 Å². The molecule has 1 N–H and O–H groups in total. The quantitative estimate of drug-likeness (QED) is 0.784. The first-order chi connectivity index (χ1) is 5.24. The van der Waals surface area contributed by atoms with Crippen molar-refractivity contribution < 1.29 is 0 Å². The lowest BCUT2D eigenvalue weighted by Gasteiger charge is -2.09. The van der Waals surface area contributed by atoms with E-state index >= 15 is 0 Å². The molecule has 0 aromatic heterocycles. The van der Waals surface area contributed by atoms with Crippen molar-refractivity contribution in [2.24, 2.45) is 0 Å². The Labute approximate surface area is 84.5 Å². The van der Waals surface area contributed by atoms with Crippen LogP contribution in [0.2, 0.25) is 5.02 Å². The molecule has 12 heavy (non-hydrogen) atoms. The highest BCUT2D eigenvalue weighted by Gasteiger charge is 2.00. The van der Waals surface area contributed by atoms with Gasteiger partial charge in [-0.05, 0) is 31.7 Å². The third-order valence-corrected chi connectivity index (χ3v) is 2.02. The normalized spacial score (nSPS) is 11.9. The fraction of sp³-hybridized carbons (Fsp3) is 0.333. The van der Waals surface area contributed by atoms with Crippen molar-refractivity contribution in [2.75, 3.05) is 7.05 Å². The predicted molar refractivity (Wildman–Crippen MR) is 56.2 cm³/mol. The van der Waals surface area contributed by atoms with Crippen molar-refractivity contribution in [1.29, 1.82) is 0 Å². The molecular formula is C9H13Cl2N. The summed E-state index contributed by atoms with van der Waals surface area (Å²) in [6.07, 6.45) is 0. The Bertz CT molecular complexity index is 238. The lowest BCUT2D eigenvalue weighted by molar-refractivity contribution is 0.652. The Kier molecular flexibility index (Phi) is 5.31. The maximum Gasteiger partial charge on any atom is 0.0409 e. The zero-order valence-electron chi connectivity index (χ0n) is 7.17. The van der Waals surface area contributed by atoms with E-state index in [9.17, 15) is 0 Å². The number of rotatable bonds is 2. The van der Waals surface area contributed by atoms with Gasteiger partial charge in [-0.3, -0.25) is 0 Å². The van der Waals surface area contributed by atoms with Crippen molar-refractivity contribution in [3.05, 3.63) is 34.9 Å². The summed E-state index contributed by atoms with van der Waals surface area (Å²) in [5.74, 6) is 0. The summed E-state index contributed by atoms with van der Waals surface area (Å²) in [6.45, 7) is 2.10. The summed E-state index contributed by atoms with van der Waals surface area (Å²) in [7, 11) is 1.94. The molecule has 3 heteroatoms. The molecule has 0 saturated heterocycles. The van der Waals surface area contributed by atoms with Crippen LogP contribution in [0.1, 0.15) is 18.5 Å². The minimum absolute atomic E-state index is 0. The molecule has 0 aliphatic rings. The van der Waals surface area contributed by atoms with Gasteiger partial charge in [-0.2, -0.15) is 0 Å². The van der Waals surface area contributed by atoms with Crippen LogP contribution in [0.25, 0.3) is 0 Å². The molecule has 0 heterocycles. The topological polar surface area (TPSA) is 12.0 Å². The third kappa shape index (κ3) is 3.02. The molecule has 1 unspecified atom stereocenters. The monoisotopic (exact) mass is 205 g/mol. The van der Waals surface area contributed by atoms with Crippen LogP contribution in [0.3, 0.4) is 0 Å². The van der Waals surface area contributed by atoms with Gasteiger partial charge in [0.25, 0.3) is 0 Å². The second-order valence-electron chi connectivity index (χ2n) is 2.57. The molecule has 0 radical (unpaired) electrons. The SMILES string of the molecule is CNC(C)c1cccc(Cl)c1.Cl. The molecule has 0 aliphatic carbocycles. The number of nitrogens with one attached hydrogen (secondary N) is 1. The number of halogens is 2. The Morgan fingerprint density at radius 3 is 2.58 bits per heavy atom. The van der Waals surface area contributed by atoms with E-state index in [4.69, 9.17) is 11.6 Å². The van der Waals surface area contributed by atoms with Gasteiger partial charge in [-0.15, -0.1) is 12.4 Å². The van der Waals surface area contributed by atoms with Crippen LogP contribution >= 0.6 is 24.0 Å². The van der Waals surface area contributed by atoms with Crippen molar-refractivity contribution >= 4 is 24.0 Å². The van der Waals surface area contributed by atoms with Gasteiger partial charge in [-0.1, -0.05) is 23.7 Å². The highest BCUT2D eigenvalue weighted by atomic mass is 35.5. The van der Waals surface area contributed by atoms with Crippen LogP contribution in [0.5, 0.6) is 0 Å². The minimum atomic E-state index is 0. The predicted octanol–water partition coefficient (Wildman–Crippen LogP) is 3.04. The summed E-state index contributed by atoms with van der Waals surface area (Å²) < 4.78 is 0. The van der Waals surface area contributed by atoms with Gasteiger partial charge in [0.2, 0.25) is 0 Å². The number of hydrogen-bond acceptors (Lipinski definition) is 1. The van der Waals surface area contributed by atoms with Crippen LogP contribution in [-0.2, 0) is 0 Å². The summed E-state index contributed by atoms with van der Waals surface area (Å²) in [5, 5.41) is 3.95. The Hall–Kier alpha value is -0.240. The molecule has 1 atom stereocenters. The summed E-state index contributed by atoms with van der Waals surface area (Å²) in [6, 6.07) is 8.25. The van der Waals surface area contributed by atoms with E-state index in [1.165, 1.54) is 5.56 Å². The molecule has 0 aliphatic heterocycles. The van der Waals surface area contributed by atoms with Gasteiger partial charge in [-0.25, -0.2) is 0 Å². The van der Waals surface area contributed by atoms with E-state index in [0.717, 1.165) is 5.02 Å². The molecular weight excluding hydrogens is 193 g/mol. The highest BCUT2D eigenvalue weighted by Crippen LogP contribution is 2.16. The second-order valence-corrected chi connectivity index (χ2v) is 3.00. The fourth-order valence-electron chi connectivity index (χ4n) is 0.943. The van der Waals surface area contributed by atoms with E-state index in [1.807, 2.05) is 25.2 Å². The molecule has 0 fully saturated rings. The van der Waals surface area contributed by atoms with Gasteiger partial charge >= 0.3 is 0 Å². The van der Waals surface area contributed by atoms with Gasteiger partial charge in [0, 0.05) is 11.1 Å². The largest absolute Gasteiger partial charge is 0.313 e. The number of benzene rings is 1. The van der Waals surface area contributed by atoms with E-state index in [0.29, 0.717) is 6.04 Å². The van der Waals surface area contributed by atoms with E-state index < -0.39 is 0 Å². The average Bonchev–Trinajstić information content (AvgIpc) is 2.03. The Morgan fingerprint density at radius 1 is 1.42 bits per heavy atom. The summed E-state index contributed by atoms with van der Waals surface area (Å²) >= 11 is 5.82. The zero-order chi connectivity index (χ0) is 8.27. The Morgan fingerprint density at radius 2 is 2.08 bits per heavy atom. The molecule has 1 rings (SSSR count). The molecule has 0 saturated carbocycles. The van der Waals surface area contributed by atoms with E-state index in [-0.39, 0.29) is 12.4 Å². The van der Waals surface area contributed by atoms with Crippen LogP contribution in [-0.4, -0.2) is 7.05 Å². The number of hydrogen-bond donors (Lipinski definition) is 1. The van der Waals surface area contributed by atoms with Gasteiger partial charge < -0.3 is 5.32 Å². The average molecular weight is 206 g/mol. The fourth-order valence-corrected chi connectivity index (χ4v) is 1.14. The van der Waals surface area contributed by atoms with Crippen LogP contribution < -0.4 is 5.32 Å². The van der Waals surface area contributed by atoms with E-state index in [1.54, 1.807) is 0 Å². The second kappa shape index (κ2) is 5.41. The molecule has 1 aromatic carbocycles. The molecule has 1 nitrogen and oxygen atoms in total. The maximum absolute atomic E-state index is 5.82. The first-order valence-electron chi connectivity index (χ1n) is 3.67. The lowest BCUT2D eigenvalue weighted by atomic mass is 10.1. The smallest absolute Gasteiger partial charge is 0.0409 e. The van der Waals surface area contributed by atoms with E-state index in [2.05, 4.69) is 18.3 Å². The first-order valence-corrected chi connectivity index (χ1v) is 4.04. The first kappa shape index (κ1) is 11.8. The molecule has 0 bridgehead atoms. The zero-order valence-corrected chi connectivity index (χ0v) is 8.75.